The molecule has 2 aromatic rings. The molecule has 0 aliphatic rings. The minimum Gasteiger partial charge on any atom is -0.466 e. The molecule has 22 heavy (non-hydrogen) atoms. The minimum atomic E-state index is -0.394. The van der Waals surface area contributed by atoms with E-state index in [4.69, 9.17) is 16.3 Å². The van der Waals surface area contributed by atoms with Gasteiger partial charge in [0.25, 0.3) is 5.91 Å². The SMILES string of the molecule is CCOC(=O)C/C(C)=N\NC(=O)c1sc2ccccc2c1Cl. The standard InChI is InChI=1S/C15H15ClN2O3S/c1-3-21-12(19)8-9(2)17-18-15(20)14-13(16)10-6-4-5-7-11(10)22-14/h4-7H,3,8H2,1-2H3,(H,18,20)/b17-9-. The number of halogens is 1. The van der Waals surface area contributed by atoms with Crippen LogP contribution in [0.4, 0.5) is 0 Å². The van der Waals surface area contributed by atoms with Gasteiger partial charge in [0, 0.05) is 15.8 Å². The van der Waals surface area contributed by atoms with Crippen molar-refractivity contribution in [3.05, 3.63) is 34.2 Å². The third-order valence-corrected chi connectivity index (χ3v) is 4.47. The van der Waals surface area contributed by atoms with Crippen molar-refractivity contribution in [1.82, 2.24) is 5.43 Å². The first-order valence-electron chi connectivity index (χ1n) is 6.69. The molecule has 0 radical (unpaired) electrons. The fourth-order valence-electron chi connectivity index (χ4n) is 1.82. The van der Waals surface area contributed by atoms with Crippen molar-refractivity contribution >= 4 is 50.6 Å². The minimum absolute atomic E-state index is 0.0360. The van der Waals surface area contributed by atoms with Crippen LogP contribution >= 0.6 is 22.9 Å². The maximum atomic E-state index is 12.1. The Morgan fingerprint density at radius 1 is 1.36 bits per heavy atom. The second-order valence-corrected chi connectivity index (χ2v) is 5.94. The number of rotatable bonds is 5. The molecule has 0 aliphatic heterocycles. The zero-order chi connectivity index (χ0) is 16.1. The van der Waals surface area contributed by atoms with E-state index in [-0.39, 0.29) is 12.4 Å². The zero-order valence-electron chi connectivity index (χ0n) is 12.2. The number of carbonyl (C=O) groups is 2. The number of nitrogens with zero attached hydrogens (tertiary/aromatic N) is 1. The van der Waals surface area contributed by atoms with E-state index in [1.165, 1.54) is 11.3 Å². The summed E-state index contributed by atoms with van der Waals surface area (Å²) in [5.74, 6) is -0.771. The van der Waals surface area contributed by atoms with Gasteiger partial charge in [0.15, 0.2) is 0 Å². The number of ether oxygens (including phenoxy) is 1. The monoisotopic (exact) mass is 338 g/mol. The Morgan fingerprint density at radius 3 is 2.77 bits per heavy atom. The number of hydrogen-bond acceptors (Lipinski definition) is 5. The van der Waals surface area contributed by atoms with E-state index >= 15 is 0 Å². The highest BCUT2D eigenvalue weighted by Crippen LogP contribution is 2.34. The van der Waals surface area contributed by atoms with Crippen molar-refractivity contribution in [3.8, 4) is 0 Å². The maximum Gasteiger partial charge on any atom is 0.311 e. The molecule has 0 spiro atoms. The highest BCUT2D eigenvalue weighted by molar-refractivity contribution is 7.21. The summed E-state index contributed by atoms with van der Waals surface area (Å²) in [5, 5.41) is 5.15. The predicted octanol–water partition coefficient (Wildman–Crippen LogP) is 3.61. The molecule has 0 fully saturated rings. The Hall–Kier alpha value is -1.92. The number of fused-ring (bicyclic) bond motifs is 1. The first-order valence-corrected chi connectivity index (χ1v) is 7.88. The van der Waals surface area contributed by atoms with Gasteiger partial charge in [-0.15, -0.1) is 11.3 Å². The molecule has 2 rings (SSSR count). The predicted molar refractivity (Wildman–Crippen MR) is 88.7 cm³/mol. The van der Waals surface area contributed by atoms with E-state index in [0.29, 0.717) is 22.2 Å². The van der Waals surface area contributed by atoms with Crippen LogP contribution in [0.5, 0.6) is 0 Å². The van der Waals surface area contributed by atoms with Crippen molar-refractivity contribution in [2.45, 2.75) is 20.3 Å². The van der Waals surface area contributed by atoms with Crippen LogP contribution in [0, 0.1) is 0 Å². The molecular formula is C15H15ClN2O3S. The van der Waals surface area contributed by atoms with Crippen LogP contribution in [-0.4, -0.2) is 24.2 Å². The Morgan fingerprint density at radius 2 is 2.09 bits per heavy atom. The van der Waals surface area contributed by atoms with Crippen LogP contribution < -0.4 is 5.43 Å². The van der Waals surface area contributed by atoms with E-state index in [1.807, 2.05) is 24.3 Å². The molecule has 0 saturated heterocycles. The molecule has 7 heteroatoms. The van der Waals surface area contributed by atoms with Gasteiger partial charge in [0.2, 0.25) is 0 Å². The highest BCUT2D eigenvalue weighted by atomic mass is 35.5. The van der Waals surface area contributed by atoms with Gasteiger partial charge >= 0.3 is 5.97 Å². The number of benzene rings is 1. The number of hydrogen-bond donors (Lipinski definition) is 1. The molecule has 1 amide bonds. The summed E-state index contributed by atoms with van der Waals surface area (Å²) >= 11 is 7.52. The topological polar surface area (TPSA) is 67.8 Å². The fraction of sp³-hybridized carbons (Fsp3) is 0.267. The van der Waals surface area contributed by atoms with Gasteiger partial charge in [-0.3, -0.25) is 9.59 Å². The molecule has 1 N–H and O–H groups in total. The van der Waals surface area contributed by atoms with E-state index in [9.17, 15) is 9.59 Å². The largest absolute Gasteiger partial charge is 0.466 e. The van der Waals surface area contributed by atoms with Gasteiger partial charge in [-0.05, 0) is 19.9 Å². The van der Waals surface area contributed by atoms with Gasteiger partial charge in [0.1, 0.15) is 4.88 Å². The van der Waals surface area contributed by atoms with E-state index in [1.54, 1.807) is 13.8 Å². The van der Waals surface area contributed by atoms with Crippen LogP contribution in [0.15, 0.2) is 29.4 Å². The first-order chi connectivity index (χ1) is 10.5. The lowest BCUT2D eigenvalue weighted by Crippen LogP contribution is -2.19. The normalized spacial score (nSPS) is 11.5. The van der Waals surface area contributed by atoms with Crippen molar-refractivity contribution < 1.29 is 14.3 Å². The molecule has 1 aromatic carbocycles. The Balaban J connectivity index is 2.08. The highest BCUT2D eigenvalue weighted by Gasteiger charge is 2.16. The van der Waals surface area contributed by atoms with Crippen molar-refractivity contribution in [2.75, 3.05) is 6.61 Å². The summed E-state index contributed by atoms with van der Waals surface area (Å²) in [6.45, 7) is 3.69. The van der Waals surface area contributed by atoms with Gasteiger partial charge in [-0.2, -0.15) is 5.10 Å². The second kappa shape index (κ2) is 7.38. The van der Waals surface area contributed by atoms with Crippen molar-refractivity contribution in [2.24, 2.45) is 5.10 Å². The van der Waals surface area contributed by atoms with Crippen LogP contribution in [0.3, 0.4) is 0 Å². The second-order valence-electron chi connectivity index (χ2n) is 4.51. The van der Waals surface area contributed by atoms with Gasteiger partial charge in [-0.25, -0.2) is 5.43 Å². The first kappa shape index (κ1) is 16.5. The fourth-order valence-corrected chi connectivity index (χ4v) is 3.22. The molecule has 0 saturated carbocycles. The average Bonchev–Trinajstić information content (AvgIpc) is 2.83. The summed E-state index contributed by atoms with van der Waals surface area (Å²) < 4.78 is 5.75. The summed E-state index contributed by atoms with van der Waals surface area (Å²) in [6.07, 6.45) is 0.0360. The molecule has 1 aromatic heterocycles. The van der Waals surface area contributed by atoms with Gasteiger partial charge in [0.05, 0.1) is 18.1 Å². The molecule has 0 bridgehead atoms. The quantitative estimate of drug-likeness (QED) is 0.514. The summed E-state index contributed by atoms with van der Waals surface area (Å²) in [6, 6.07) is 7.51. The summed E-state index contributed by atoms with van der Waals surface area (Å²) in [4.78, 5) is 23.8. The number of carbonyl (C=O) groups excluding carboxylic acids is 2. The maximum absolute atomic E-state index is 12.1. The molecular weight excluding hydrogens is 324 g/mol. The Bertz CT molecular complexity index is 739. The number of amides is 1. The number of esters is 1. The van der Waals surface area contributed by atoms with Crippen molar-refractivity contribution in [3.63, 3.8) is 0 Å². The summed E-state index contributed by atoms with van der Waals surface area (Å²) in [7, 11) is 0. The third-order valence-electron chi connectivity index (χ3n) is 2.79. The molecule has 1 heterocycles. The lowest BCUT2D eigenvalue weighted by atomic mass is 10.2. The smallest absolute Gasteiger partial charge is 0.311 e. The van der Waals surface area contributed by atoms with E-state index < -0.39 is 5.91 Å². The lowest BCUT2D eigenvalue weighted by Gasteiger charge is -2.02. The number of thiophene rings is 1. The molecule has 0 aliphatic carbocycles. The van der Waals surface area contributed by atoms with Crippen LogP contribution in [0.1, 0.15) is 29.9 Å². The van der Waals surface area contributed by atoms with Crippen LogP contribution in [0.25, 0.3) is 10.1 Å². The number of hydrazone groups is 1. The Labute approximate surface area is 136 Å². The van der Waals surface area contributed by atoms with Crippen molar-refractivity contribution in [1.29, 1.82) is 0 Å². The lowest BCUT2D eigenvalue weighted by molar-refractivity contribution is -0.141. The van der Waals surface area contributed by atoms with Crippen LogP contribution in [-0.2, 0) is 9.53 Å². The molecule has 0 atom stereocenters. The van der Waals surface area contributed by atoms with Crippen LogP contribution in [0.2, 0.25) is 5.02 Å². The Kier molecular flexibility index (Phi) is 5.51. The summed E-state index contributed by atoms with van der Waals surface area (Å²) in [5.41, 5.74) is 2.88. The number of nitrogens with one attached hydrogen (secondary N) is 1. The molecule has 5 nitrogen and oxygen atoms in total. The average molecular weight is 339 g/mol. The van der Waals surface area contributed by atoms with Gasteiger partial charge < -0.3 is 4.74 Å². The molecule has 0 unspecified atom stereocenters. The van der Waals surface area contributed by atoms with E-state index in [0.717, 1.165) is 10.1 Å². The van der Waals surface area contributed by atoms with E-state index in [2.05, 4.69) is 10.5 Å². The third kappa shape index (κ3) is 3.84. The van der Waals surface area contributed by atoms with Gasteiger partial charge in [-0.1, -0.05) is 29.8 Å². The zero-order valence-corrected chi connectivity index (χ0v) is 13.8. The molecule has 116 valence electrons.